The first kappa shape index (κ1) is 30.3. The monoisotopic (exact) mass is 602 g/mol. The maximum absolute atomic E-state index is 15.4. The second kappa shape index (κ2) is 12.6. The zero-order valence-electron chi connectivity index (χ0n) is 25.0. The van der Waals surface area contributed by atoms with Gasteiger partial charge in [-0.15, -0.1) is 0 Å². The summed E-state index contributed by atoms with van der Waals surface area (Å²) >= 11 is 6.30. The summed E-state index contributed by atoms with van der Waals surface area (Å²) in [6, 6.07) is 17.0. The average Bonchev–Trinajstić information content (AvgIpc) is 2.95. The van der Waals surface area contributed by atoms with Gasteiger partial charge in [0, 0.05) is 53.8 Å². The van der Waals surface area contributed by atoms with E-state index in [4.69, 9.17) is 11.6 Å². The van der Waals surface area contributed by atoms with Crippen molar-refractivity contribution in [3.05, 3.63) is 106 Å². The van der Waals surface area contributed by atoms with Crippen molar-refractivity contribution in [3.63, 3.8) is 0 Å². The summed E-state index contributed by atoms with van der Waals surface area (Å²) < 4.78 is 15.4. The fourth-order valence-electron chi connectivity index (χ4n) is 5.82. The van der Waals surface area contributed by atoms with Crippen LogP contribution in [-0.4, -0.2) is 58.8 Å². The molecule has 1 fully saturated rings. The SMILES string of the molecule is Cc1cc(C)c(C(c2cc(Cl)ccc2F)N(C(=O)O)c2ccnc(Nc3ccc(N4CCN(C)C(C)C4)cc3)n2)c(C)c1. The van der Waals surface area contributed by atoms with E-state index >= 15 is 4.39 Å². The Balaban J connectivity index is 1.50. The van der Waals surface area contributed by atoms with Gasteiger partial charge in [-0.05, 0) is 100.0 Å². The van der Waals surface area contributed by atoms with Crippen molar-refractivity contribution in [2.75, 3.05) is 41.8 Å². The fourth-order valence-corrected chi connectivity index (χ4v) is 6.00. The van der Waals surface area contributed by atoms with Crippen molar-refractivity contribution >= 4 is 40.8 Å². The van der Waals surface area contributed by atoms with Crippen molar-refractivity contribution in [2.24, 2.45) is 0 Å². The molecular weight excluding hydrogens is 567 g/mol. The van der Waals surface area contributed by atoms with Crippen molar-refractivity contribution < 1.29 is 14.3 Å². The Morgan fingerprint density at radius 3 is 2.42 bits per heavy atom. The molecule has 0 radical (unpaired) electrons. The van der Waals surface area contributed by atoms with Gasteiger partial charge in [-0.3, -0.25) is 0 Å². The van der Waals surface area contributed by atoms with Crippen LogP contribution in [0.2, 0.25) is 5.02 Å². The third kappa shape index (κ3) is 6.58. The molecule has 2 atom stereocenters. The molecule has 0 spiro atoms. The third-order valence-electron chi connectivity index (χ3n) is 8.06. The van der Waals surface area contributed by atoms with Gasteiger partial charge in [0.05, 0.1) is 6.04 Å². The highest BCUT2D eigenvalue weighted by Crippen LogP contribution is 2.38. The summed E-state index contributed by atoms with van der Waals surface area (Å²) in [7, 11) is 2.14. The standard InChI is InChI=1S/C33H36ClFN6O2/c1-20-16-21(2)30(22(3)17-20)31(27-18-24(34)6-11-28(27)35)41(33(42)43)29-12-13-36-32(38-29)37-25-7-9-26(10-8-25)40-15-14-39(5)23(4)19-40/h6-13,16-18,23,31H,14-15,19H2,1-5H3,(H,42,43)(H,36,37,38). The summed E-state index contributed by atoms with van der Waals surface area (Å²) in [5.41, 5.74) is 5.36. The molecule has 2 unspecified atom stereocenters. The Bertz CT molecular complexity index is 1610. The molecule has 2 heterocycles. The first-order valence-corrected chi connectivity index (χ1v) is 14.6. The number of carbonyl (C=O) groups is 1. The van der Waals surface area contributed by atoms with E-state index in [1.54, 1.807) is 0 Å². The number of hydrogen-bond acceptors (Lipinski definition) is 6. The van der Waals surface area contributed by atoms with E-state index in [9.17, 15) is 9.90 Å². The predicted octanol–water partition coefficient (Wildman–Crippen LogP) is 7.35. The molecular formula is C33H36ClFN6O2. The van der Waals surface area contributed by atoms with Gasteiger partial charge in [0.1, 0.15) is 11.6 Å². The Morgan fingerprint density at radius 1 is 1.07 bits per heavy atom. The summed E-state index contributed by atoms with van der Waals surface area (Å²) in [4.78, 5) is 27.7. The van der Waals surface area contributed by atoms with E-state index in [2.05, 4.69) is 51.2 Å². The highest BCUT2D eigenvalue weighted by atomic mass is 35.5. The number of aromatic nitrogens is 2. The molecule has 0 bridgehead atoms. The lowest BCUT2D eigenvalue weighted by molar-refractivity contribution is 0.199. The van der Waals surface area contributed by atoms with E-state index in [0.29, 0.717) is 16.6 Å². The van der Waals surface area contributed by atoms with Gasteiger partial charge in [-0.1, -0.05) is 29.3 Å². The quantitative estimate of drug-likeness (QED) is 0.229. The maximum Gasteiger partial charge on any atom is 0.413 e. The lowest BCUT2D eigenvalue weighted by atomic mass is 9.88. The lowest BCUT2D eigenvalue weighted by Crippen LogP contribution is -2.50. The number of amides is 1. The van der Waals surface area contributed by atoms with Gasteiger partial charge in [-0.25, -0.2) is 19.1 Å². The van der Waals surface area contributed by atoms with E-state index in [1.165, 1.54) is 30.5 Å². The third-order valence-corrected chi connectivity index (χ3v) is 8.30. The van der Waals surface area contributed by atoms with Crippen LogP contribution in [0.3, 0.4) is 0 Å². The number of piperazine rings is 1. The molecule has 224 valence electrons. The normalized spacial score (nSPS) is 16.2. The average molecular weight is 603 g/mol. The van der Waals surface area contributed by atoms with Crippen LogP contribution >= 0.6 is 11.6 Å². The van der Waals surface area contributed by atoms with Crippen LogP contribution in [0, 0.1) is 26.6 Å². The number of rotatable bonds is 7. The zero-order valence-corrected chi connectivity index (χ0v) is 25.7. The molecule has 3 aromatic carbocycles. The predicted molar refractivity (Wildman–Crippen MR) is 170 cm³/mol. The van der Waals surface area contributed by atoms with Crippen LogP contribution in [0.5, 0.6) is 0 Å². The summed E-state index contributed by atoms with van der Waals surface area (Å²) in [5.74, 6) is -0.258. The zero-order chi connectivity index (χ0) is 30.8. The number of nitrogens with one attached hydrogen (secondary N) is 1. The van der Waals surface area contributed by atoms with Crippen LogP contribution in [-0.2, 0) is 0 Å². The van der Waals surface area contributed by atoms with Crippen molar-refractivity contribution in [1.82, 2.24) is 14.9 Å². The maximum atomic E-state index is 15.4. The molecule has 5 rings (SSSR count). The topological polar surface area (TPSA) is 84.8 Å². The van der Waals surface area contributed by atoms with Gasteiger partial charge >= 0.3 is 6.09 Å². The summed E-state index contributed by atoms with van der Waals surface area (Å²) in [5, 5.41) is 14.1. The molecule has 4 aromatic rings. The van der Waals surface area contributed by atoms with E-state index in [0.717, 1.165) is 52.6 Å². The Hall–Kier alpha value is -4.21. The molecule has 1 aliphatic rings. The van der Waals surface area contributed by atoms with Crippen molar-refractivity contribution in [2.45, 2.75) is 39.8 Å². The van der Waals surface area contributed by atoms with Gasteiger partial charge in [-0.2, -0.15) is 4.98 Å². The summed E-state index contributed by atoms with van der Waals surface area (Å²) in [6.07, 6.45) is 0.194. The van der Waals surface area contributed by atoms with Crippen LogP contribution < -0.4 is 15.1 Å². The number of aryl methyl sites for hydroxylation is 3. The van der Waals surface area contributed by atoms with Gasteiger partial charge in [0.2, 0.25) is 5.95 Å². The first-order valence-electron chi connectivity index (χ1n) is 14.2. The van der Waals surface area contributed by atoms with Crippen LogP contribution in [0.15, 0.2) is 66.9 Å². The van der Waals surface area contributed by atoms with E-state index in [1.807, 2.05) is 45.0 Å². The molecule has 1 amide bonds. The van der Waals surface area contributed by atoms with E-state index in [-0.39, 0.29) is 17.3 Å². The molecule has 43 heavy (non-hydrogen) atoms. The molecule has 1 aromatic heterocycles. The second-order valence-electron chi connectivity index (χ2n) is 11.2. The first-order chi connectivity index (χ1) is 20.5. The van der Waals surface area contributed by atoms with E-state index < -0.39 is 18.0 Å². The Labute approximate surface area is 256 Å². The number of likely N-dealkylation sites (N-methyl/N-ethyl adjacent to an activating group) is 1. The van der Waals surface area contributed by atoms with Crippen molar-refractivity contribution in [1.29, 1.82) is 0 Å². The number of nitrogens with zero attached hydrogens (tertiary/aromatic N) is 5. The highest BCUT2D eigenvalue weighted by molar-refractivity contribution is 6.30. The number of anilines is 4. The molecule has 0 aliphatic carbocycles. The molecule has 0 saturated carbocycles. The highest BCUT2D eigenvalue weighted by Gasteiger charge is 2.34. The lowest BCUT2D eigenvalue weighted by Gasteiger charge is -2.39. The molecule has 1 aliphatic heterocycles. The Kier molecular flexibility index (Phi) is 8.84. The fraction of sp³-hybridized carbons (Fsp3) is 0.303. The molecule has 8 nitrogen and oxygen atoms in total. The van der Waals surface area contributed by atoms with Gasteiger partial charge in [0.25, 0.3) is 0 Å². The summed E-state index contributed by atoms with van der Waals surface area (Å²) in [6.45, 7) is 10.9. The minimum Gasteiger partial charge on any atom is -0.465 e. The smallest absolute Gasteiger partial charge is 0.413 e. The minimum atomic E-state index is -1.29. The molecule has 1 saturated heterocycles. The van der Waals surface area contributed by atoms with Gasteiger partial charge < -0.3 is 20.2 Å². The Morgan fingerprint density at radius 2 is 1.77 bits per heavy atom. The van der Waals surface area contributed by atoms with Crippen LogP contribution in [0.4, 0.5) is 32.3 Å². The number of carboxylic acid groups (broad SMARTS) is 1. The van der Waals surface area contributed by atoms with Crippen molar-refractivity contribution in [3.8, 4) is 0 Å². The minimum absolute atomic E-state index is 0.0943. The number of hydrogen-bond donors (Lipinski definition) is 2. The largest absolute Gasteiger partial charge is 0.465 e. The number of halogens is 2. The van der Waals surface area contributed by atoms with Gasteiger partial charge in [0.15, 0.2) is 0 Å². The van der Waals surface area contributed by atoms with Crippen LogP contribution in [0.25, 0.3) is 0 Å². The molecule has 10 heteroatoms. The van der Waals surface area contributed by atoms with Crippen LogP contribution in [0.1, 0.15) is 40.8 Å². The second-order valence-corrected chi connectivity index (χ2v) is 11.7. The number of benzene rings is 3. The molecule has 2 N–H and O–H groups in total.